The van der Waals surface area contributed by atoms with Crippen molar-refractivity contribution in [2.75, 3.05) is 0 Å². The quantitative estimate of drug-likeness (QED) is 0.703. The third-order valence-corrected chi connectivity index (χ3v) is 2.94. The van der Waals surface area contributed by atoms with Crippen LogP contribution in [0.3, 0.4) is 0 Å². The molecule has 1 nitrogen and oxygen atoms in total. The molecule has 2 aromatic carbocycles. The average Bonchev–Trinajstić information content (AvgIpc) is 2.27. The van der Waals surface area contributed by atoms with E-state index in [4.69, 9.17) is 11.6 Å². The average molecular weight is 219 g/mol. The molecule has 15 heavy (non-hydrogen) atoms. The highest BCUT2D eigenvalue weighted by molar-refractivity contribution is 6.64. The Balaban J connectivity index is 2.51. The molecule has 0 aliphatic heterocycles. The van der Waals surface area contributed by atoms with Crippen molar-refractivity contribution in [1.29, 1.82) is 0 Å². The fraction of sp³-hybridized carbons (Fsp3) is 0.154. The van der Waals surface area contributed by atoms with Crippen molar-refractivity contribution < 1.29 is 4.79 Å². The normalized spacial score (nSPS) is 12.7. The molecule has 0 aliphatic rings. The van der Waals surface area contributed by atoms with Gasteiger partial charge in [0.15, 0.2) is 0 Å². The zero-order valence-electron chi connectivity index (χ0n) is 8.41. The van der Waals surface area contributed by atoms with Crippen molar-refractivity contribution in [3.05, 3.63) is 48.0 Å². The zero-order valence-corrected chi connectivity index (χ0v) is 9.16. The highest BCUT2D eigenvalue weighted by Gasteiger charge is 2.12. The van der Waals surface area contributed by atoms with Gasteiger partial charge in [0.05, 0.1) is 5.92 Å². The van der Waals surface area contributed by atoms with Crippen molar-refractivity contribution >= 4 is 27.6 Å². The molecule has 0 bridgehead atoms. The summed E-state index contributed by atoms with van der Waals surface area (Å²) in [6, 6.07) is 14.0. The molecule has 0 saturated carbocycles. The van der Waals surface area contributed by atoms with E-state index in [-0.39, 0.29) is 11.2 Å². The third-order valence-electron chi connectivity index (χ3n) is 2.61. The number of hydrogen-bond donors (Lipinski definition) is 0. The van der Waals surface area contributed by atoms with Gasteiger partial charge < -0.3 is 0 Å². The molecule has 0 fully saturated rings. The lowest BCUT2D eigenvalue weighted by molar-refractivity contribution is -0.112. The first-order chi connectivity index (χ1) is 7.18. The van der Waals surface area contributed by atoms with Gasteiger partial charge >= 0.3 is 0 Å². The Kier molecular flexibility index (Phi) is 2.74. The molecule has 0 radical (unpaired) electrons. The Morgan fingerprint density at radius 2 is 1.80 bits per heavy atom. The van der Waals surface area contributed by atoms with Crippen LogP contribution >= 0.6 is 11.6 Å². The summed E-state index contributed by atoms with van der Waals surface area (Å²) in [6.07, 6.45) is 0. The number of benzene rings is 2. The molecule has 1 atom stereocenters. The van der Waals surface area contributed by atoms with Gasteiger partial charge in [-0.05, 0) is 27.9 Å². The van der Waals surface area contributed by atoms with E-state index in [0.717, 1.165) is 10.9 Å². The van der Waals surface area contributed by atoms with Crippen LogP contribution in [0.25, 0.3) is 10.8 Å². The summed E-state index contributed by atoms with van der Waals surface area (Å²) in [7, 11) is 0. The van der Waals surface area contributed by atoms with Gasteiger partial charge in [-0.3, -0.25) is 4.79 Å². The van der Waals surface area contributed by atoms with Gasteiger partial charge in [0.1, 0.15) is 0 Å². The fourth-order valence-corrected chi connectivity index (χ4v) is 1.73. The molecule has 0 saturated heterocycles. The van der Waals surface area contributed by atoms with Crippen molar-refractivity contribution in [2.24, 2.45) is 0 Å². The molecule has 0 aromatic heterocycles. The summed E-state index contributed by atoms with van der Waals surface area (Å²) in [4.78, 5) is 11.0. The Bertz CT molecular complexity index is 505. The minimum atomic E-state index is -0.315. The van der Waals surface area contributed by atoms with Crippen LogP contribution < -0.4 is 0 Å². The molecular weight excluding hydrogens is 208 g/mol. The summed E-state index contributed by atoms with van der Waals surface area (Å²) >= 11 is 5.48. The first-order valence-corrected chi connectivity index (χ1v) is 5.24. The third kappa shape index (κ3) is 2.02. The molecule has 2 rings (SSSR count). The minimum Gasteiger partial charge on any atom is -0.281 e. The predicted octanol–water partition coefficient (Wildman–Crippen LogP) is 3.71. The Morgan fingerprint density at radius 1 is 1.13 bits per heavy atom. The van der Waals surface area contributed by atoms with Gasteiger partial charge in [0.25, 0.3) is 0 Å². The second-order valence-corrected chi connectivity index (χ2v) is 4.00. The molecule has 0 spiro atoms. The zero-order chi connectivity index (χ0) is 10.8. The second kappa shape index (κ2) is 4.03. The maximum absolute atomic E-state index is 11.0. The van der Waals surface area contributed by atoms with Crippen LogP contribution in [-0.2, 0) is 4.79 Å². The number of rotatable bonds is 2. The number of carbonyl (C=O) groups is 1. The molecule has 0 aliphatic carbocycles. The highest BCUT2D eigenvalue weighted by Crippen LogP contribution is 2.22. The van der Waals surface area contributed by atoms with Gasteiger partial charge in [0, 0.05) is 0 Å². The van der Waals surface area contributed by atoms with E-state index in [9.17, 15) is 4.79 Å². The van der Waals surface area contributed by atoms with Crippen LogP contribution in [0.2, 0.25) is 0 Å². The maximum atomic E-state index is 11.0. The fourth-order valence-electron chi connectivity index (χ4n) is 1.61. The molecule has 2 heteroatoms. The lowest BCUT2D eigenvalue weighted by Gasteiger charge is -2.07. The predicted molar refractivity (Wildman–Crippen MR) is 63.2 cm³/mol. The first-order valence-electron chi connectivity index (χ1n) is 4.86. The van der Waals surface area contributed by atoms with Gasteiger partial charge in [0.2, 0.25) is 5.24 Å². The minimum absolute atomic E-state index is 0.240. The van der Waals surface area contributed by atoms with Crippen LogP contribution in [0.1, 0.15) is 18.4 Å². The lowest BCUT2D eigenvalue weighted by atomic mass is 9.99. The Morgan fingerprint density at radius 3 is 2.47 bits per heavy atom. The van der Waals surface area contributed by atoms with Gasteiger partial charge in [-0.25, -0.2) is 0 Å². The monoisotopic (exact) mass is 218 g/mol. The van der Waals surface area contributed by atoms with Gasteiger partial charge in [-0.1, -0.05) is 49.4 Å². The standard InChI is InChI=1S/C13H11ClO/c1-9(13(14)15)11-7-6-10-4-2-3-5-12(10)8-11/h2-9H,1H3. The summed E-state index contributed by atoms with van der Waals surface area (Å²) < 4.78 is 0. The van der Waals surface area contributed by atoms with Crippen molar-refractivity contribution in [3.8, 4) is 0 Å². The van der Waals surface area contributed by atoms with Crippen LogP contribution in [0, 0.1) is 0 Å². The number of carbonyl (C=O) groups excluding carboxylic acids is 1. The van der Waals surface area contributed by atoms with E-state index in [1.807, 2.05) is 49.4 Å². The van der Waals surface area contributed by atoms with Gasteiger partial charge in [-0.15, -0.1) is 0 Å². The molecule has 0 heterocycles. The first kappa shape index (κ1) is 10.2. The van der Waals surface area contributed by atoms with Crippen molar-refractivity contribution in [1.82, 2.24) is 0 Å². The van der Waals surface area contributed by atoms with Crippen molar-refractivity contribution in [2.45, 2.75) is 12.8 Å². The molecular formula is C13H11ClO. The van der Waals surface area contributed by atoms with E-state index in [1.54, 1.807) is 0 Å². The summed E-state index contributed by atoms with van der Waals surface area (Å²) in [5.74, 6) is -0.240. The summed E-state index contributed by atoms with van der Waals surface area (Å²) in [6.45, 7) is 1.82. The van der Waals surface area contributed by atoms with E-state index in [0.29, 0.717) is 0 Å². The Labute approximate surface area is 93.7 Å². The van der Waals surface area contributed by atoms with Crippen molar-refractivity contribution in [3.63, 3.8) is 0 Å². The van der Waals surface area contributed by atoms with Crippen LogP contribution in [-0.4, -0.2) is 5.24 Å². The van der Waals surface area contributed by atoms with E-state index >= 15 is 0 Å². The van der Waals surface area contributed by atoms with Gasteiger partial charge in [-0.2, -0.15) is 0 Å². The highest BCUT2D eigenvalue weighted by atomic mass is 35.5. The SMILES string of the molecule is CC(C(=O)Cl)c1ccc2ccccc2c1. The summed E-state index contributed by atoms with van der Waals surface area (Å²) in [5.41, 5.74) is 0.966. The van der Waals surface area contributed by atoms with Crippen LogP contribution in [0.4, 0.5) is 0 Å². The maximum Gasteiger partial charge on any atom is 0.228 e. The Hall–Kier alpha value is -1.34. The summed E-state index contributed by atoms with van der Waals surface area (Å²) in [5, 5.41) is 2.00. The topological polar surface area (TPSA) is 17.1 Å². The second-order valence-electron chi connectivity index (χ2n) is 3.63. The molecule has 0 amide bonds. The van der Waals surface area contributed by atoms with E-state index in [2.05, 4.69) is 0 Å². The smallest absolute Gasteiger partial charge is 0.228 e. The molecule has 0 N–H and O–H groups in total. The molecule has 1 unspecified atom stereocenters. The number of halogens is 1. The largest absolute Gasteiger partial charge is 0.281 e. The number of hydrogen-bond acceptors (Lipinski definition) is 1. The number of fused-ring (bicyclic) bond motifs is 1. The molecule has 76 valence electrons. The van der Waals surface area contributed by atoms with Crippen LogP contribution in [0.5, 0.6) is 0 Å². The lowest BCUT2D eigenvalue weighted by Crippen LogP contribution is -2.01. The molecule has 2 aromatic rings. The van der Waals surface area contributed by atoms with Crippen LogP contribution in [0.15, 0.2) is 42.5 Å². The van der Waals surface area contributed by atoms with E-state index in [1.165, 1.54) is 5.39 Å². The van der Waals surface area contributed by atoms with E-state index < -0.39 is 0 Å².